The molecule has 0 saturated carbocycles. The molecule has 2 aromatic rings. The van der Waals surface area contributed by atoms with Crippen LogP contribution in [0.1, 0.15) is 23.0 Å². The Balaban J connectivity index is 1.80. The number of benzene rings is 1. The highest BCUT2D eigenvalue weighted by atomic mass is 35.5. The lowest BCUT2D eigenvalue weighted by molar-refractivity contribution is -0.0466. The summed E-state index contributed by atoms with van der Waals surface area (Å²) in [5.41, 5.74) is 2.06. The van der Waals surface area contributed by atoms with Gasteiger partial charge in [-0.15, -0.1) is 0 Å². The smallest absolute Gasteiger partial charge is 0.269 e. The van der Waals surface area contributed by atoms with Crippen LogP contribution in [0.5, 0.6) is 0 Å². The first-order valence-electron chi connectivity index (χ1n) is 7.85. The van der Waals surface area contributed by atoms with Crippen molar-refractivity contribution in [3.63, 3.8) is 0 Å². The Morgan fingerprint density at radius 1 is 1.29 bits per heavy atom. The lowest BCUT2D eigenvalue weighted by Gasteiger charge is -2.42. The largest absolute Gasteiger partial charge is 0.367 e. The third kappa shape index (κ3) is 3.37. The van der Waals surface area contributed by atoms with Gasteiger partial charge in [0.25, 0.3) is 5.91 Å². The quantitative estimate of drug-likeness (QED) is 0.929. The Labute approximate surface area is 146 Å². The van der Waals surface area contributed by atoms with Crippen molar-refractivity contribution >= 4 is 23.2 Å². The molecule has 1 atom stereocenters. The molecule has 1 saturated heterocycles. The first kappa shape index (κ1) is 16.7. The summed E-state index contributed by atoms with van der Waals surface area (Å²) in [5, 5.41) is 3.29. The molecule has 3 rings (SSSR count). The second kappa shape index (κ2) is 6.79. The first-order chi connectivity index (χ1) is 11.5. The van der Waals surface area contributed by atoms with Gasteiger partial charge >= 0.3 is 0 Å². The van der Waals surface area contributed by atoms with E-state index in [4.69, 9.17) is 16.3 Å². The van der Waals surface area contributed by atoms with Crippen molar-refractivity contribution in [3.8, 4) is 0 Å². The Morgan fingerprint density at radius 2 is 2.04 bits per heavy atom. The van der Waals surface area contributed by atoms with E-state index >= 15 is 0 Å². The Kier molecular flexibility index (Phi) is 4.73. The third-order valence-electron chi connectivity index (χ3n) is 4.30. The highest BCUT2D eigenvalue weighted by Gasteiger charge is 2.34. The molecule has 1 fully saturated rings. The number of halogens is 1. The highest BCUT2D eigenvalue weighted by molar-refractivity contribution is 6.30. The van der Waals surface area contributed by atoms with Gasteiger partial charge in [-0.2, -0.15) is 0 Å². The summed E-state index contributed by atoms with van der Waals surface area (Å²) in [5.74, 6) is -0.186. The van der Waals surface area contributed by atoms with Gasteiger partial charge in [-0.1, -0.05) is 23.7 Å². The zero-order valence-electron chi connectivity index (χ0n) is 13.8. The molecule has 1 unspecified atom stereocenters. The number of carbonyl (C=O) groups is 1. The van der Waals surface area contributed by atoms with Crippen molar-refractivity contribution in [1.82, 2.24) is 10.3 Å². The number of morpholine rings is 1. The number of amides is 1. The number of pyridine rings is 1. The molecule has 1 aliphatic heterocycles. The van der Waals surface area contributed by atoms with E-state index < -0.39 is 5.60 Å². The predicted octanol–water partition coefficient (Wildman–Crippen LogP) is 2.85. The molecular formula is C18H20ClN3O2. The number of rotatable bonds is 3. The van der Waals surface area contributed by atoms with E-state index in [1.165, 1.54) is 0 Å². The molecule has 6 heteroatoms. The molecule has 1 N–H and O–H groups in total. The van der Waals surface area contributed by atoms with Crippen molar-refractivity contribution in [2.45, 2.75) is 12.5 Å². The van der Waals surface area contributed by atoms with Crippen molar-refractivity contribution < 1.29 is 9.53 Å². The molecule has 0 radical (unpaired) electrons. The van der Waals surface area contributed by atoms with Crippen LogP contribution >= 0.6 is 11.6 Å². The minimum absolute atomic E-state index is 0.186. The summed E-state index contributed by atoms with van der Waals surface area (Å²) in [6.45, 7) is 4.19. The van der Waals surface area contributed by atoms with Crippen LogP contribution in [0.4, 0.5) is 5.69 Å². The molecule has 0 bridgehead atoms. The zero-order chi connectivity index (χ0) is 17.2. The molecule has 126 valence electrons. The van der Waals surface area contributed by atoms with Gasteiger partial charge in [0.2, 0.25) is 0 Å². The number of nitrogens with zero attached hydrogens (tertiary/aromatic N) is 2. The second-order valence-electron chi connectivity index (χ2n) is 5.99. The minimum atomic E-state index is -0.414. The van der Waals surface area contributed by atoms with Gasteiger partial charge in [0.1, 0.15) is 11.3 Å². The summed E-state index contributed by atoms with van der Waals surface area (Å²) in [6, 6.07) is 11.4. The average Bonchev–Trinajstić information content (AvgIpc) is 2.61. The SMILES string of the molecule is CNC(=O)c1ccc(N2CCOC(C)(c3ccc(Cl)cc3)C2)cn1. The van der Waals surface area contributed by atoms with E-state index in [-0.39, 0.29) is 5.91 Å². The van der Waals surface area contributed by atoms with Crippen LogP contribution in [0.25, 0.3) is 0 Å². The molecule has 1 aliphatic rings. The molecule has 5 nitrogen and oxygen atoms in total. The number of nitrogens with one attached hydrogen (secondary N) is 1. The molecule has 0 aliphatic carbocycles. The van der Waals surface area contributed by atoms with Gasteiger partial charge in [0.05, 0.1) is 25.0 Å². The van der Waals surface area contributed by atoms with Crippen molar-refractivity contribution in [2.24, 2.45) is 0 Å². The van der Waals surface area contributed by atoms with Gasteiger partial charge < -0.3 is 15.0 Å². The molecule has 24 heavy (non-hydrogen) atoms. The van der Waals surface area contributed by atoms with E-state index in [1.807, 2.05) is 30.3 Å². The van der Waals surface area contributed by atoms with Crippen LogP contribution in [0, 0.1) is 0 Å². The predicted molar refractivity (Wildman–Crippen MR) is 94.6 cm³/mol. The monoisotopic (exact) mass is 345 g/mol. The first-order valence-corrected chi connectivity index (χ1v) is 8.23. The standard InChI is InChI=1S/C18H20ClN3O2/c1-18(13-3-5-14(19)6-4-13)12-22(9-10-24-18)15-7-8-16(21-11-15)17(23)20-2/h3-8,11H,9-10,12H2,1-2H3,(H,20,23). The van der Waals surface area contributed by atoms with Crippen molar-refractivity contribution in [2.75, 3.05) is 31.6 Å². The van der Waals surface area contributed by atoms with E-state index in [1.54, 1.807) is 19.3 Å². The summed E-state index contributed by atoms with van der Waals surface area (Å²) >= 11 is 5.98. The summed E-state index contributed by atoms with van der Waals surface area (Å²) in [6.07, 6.45) is 1.73. The second-order valence-corrected chi connectivity index (χ2v) is 6.42. The number of aromatic nitrogens is 1. The molecule has 1 aromatic heterocycles. The van der Waals surface area contributed by atoms with E-state index in [0.29, 0.717) is 23.9 Å². The van der Waals surface area contributed by atoms with Gasteiger partial charge in [0, 0.05) is 18.6 Å². The lowest BCUT2D eigenvalue weighted by atomic mass is 9.93. The fourth-order valence-corrected chi connectivity index (χ4v) is 3.03. The fraction of sp³-hybridized carbons (Fsp3) is 0.333. The summed E-state index contributed by atoms with van der Waals surface area (Å²) < 4.78 is 6.05. The van der Waals surface area contributed by atoms with Gasteiger partial charge in [-0.05, 0) is 36.8 Å². The van der Waals surface area contributed by atoms with Gasteiger partial charge in [0.15, 0.2) is 0 Å². The topological polar surface area (TPSA) is 54.5 Å². The van der Waals surface area contributed by atoms with E-state index in [9.17, 15) is 4.79 Å². The van der Waals surface area contributed by atoms with Crippen LogP contribution in [-0.4, -0.2) is 37.6 Å². The maximum Gasteiger partial charge on any atom is 0.269 e. The summed E-state index contributed by atoms with van der Waals surface area (Å²) in [4.78, 5) is 18.1. The normalized spacial score (nSPS) is 20.7. The highest BCUT2D eigenvalue weighted by Crippen LogP contribution is 2.32. The van der Waals surface area contributed by atoms with E-state index in [0.717, 1.165) is 17.8 Å². The maximum absolute atomic E-state index is 11.6. The minimum Gasteiger partial charge on any atom is -0.367 e. The number of hydrogen-bond donors (Lipinski definition) is 1. The number of ether oxygens (including phenoxy) is 1. The fourth-order valence-electron chi connectivity index (χ4n) is 2.90. The lowest BCUT2D eigenvalue weighted by Crippen LogP contribution is -2.48. The molecular weight excluding hydrogens is 326 g/mol. The van der Waals surface area contributed by atoms with E-state index in [2.05, 4.69) is 22.1 Å². The Hall–Kier alpha value is -2.11. The number of carbonyl (C=O) groups excluding carboxylic acids is 1. The van der Waals surface area contributed by atoms with Gasteiger partial charge in [-0.3, -0.25) is 4.79 Å². The third-order valence-corrected chi connectivity index (χ3v) is 4.55. The van der Waals surface area contributed by atoms with Gasteiger partial charge in [-0.25, -0.2) is 4.98 Å². The van der Waals surface area contributed by atoms with Crippen LogP contribution in [0.2, 0.25) is 5.02 Å². The van der Waals surface area contributed by atoms with Crippen molar-refractivity contribution in [3.05, 3.63) is 58.9 Å². The van der Waals surface area contributed by atoms with Crippen LogP contribution in [0.3, 0.4) is 0 Å². The average molecular weight is 346 g/mol. The Bertz CT molecular complexity index is 718. The van der Waals surface area contributed by atoms with Crippen LogP contribution in [0.15, 0.2) is 42.6 Å². The summed E-state index contributed by atoms with van der Waals surface area (Å²) in [7, 11) is 1.59. The van der Waals surface area contributed by atoms with Crippen LogP contribution in [-0.2, 0) is 10.3 Å². The number of anilines is 1. The number of hydrogen-bond acceptors (Lipinski definition) is 4. The molecule has 1 amide bonds. The van der Waals surface area contributed by atoms with Crippen molar-refractivity contribution in [1.29, 1.82) is 0 Å². The Morgan fingerprint density at radius 3 is 2.67 bits per heavy atom. The zero-order valence-corrected chi connectivity index (χ0v) is 14.5. The molecule has 0 spiro atoms. The molecule has 2 heterocycles. The maximum atomic E-state index is 11.6. The molecule has 1 aromatic carbocycles. The van der Waals surface area contributed by atoms with Crippen LogP contribution < -0.4 is 10.2 Å².